The summed E-state index contributed by atoms with van der Waals surface area (Å²) >= 11 is 3.33. The second-order valence-corrected chi connectivity index (χ2v) is 6.72. The lowest BCUT2D eigenvalue weighted by Crippen LogP contribution is -2.30. The first-order valence-corrected chi connectivity index (χ1v) is 8.48. The Labute approximate surface area is 157 Å². The quantitative estimate of drug-likeness (QED) is 0.356. The summed E-state index contributed by atoms with van der Waals surface area (Å²) in [6, 6.07) is 11.4. The SMILES string of the molecule is Cc1ccc(/C=C2/NC(=O)N(Cc3ccc(Br)cc3)C2=O)cc1[N+](=O)[O-]. The van der Waals surface area contributed by atoms with Gasteiger partial charge in [-0.1, -0.05) is 40.2 Å². The molecule has 0 bridgehead atoms. The lowest BCUT2D eigenvalue weighted by atomic mass is 10.1. The van der Waals surface area contributed by atoms with Crippen LogP contribution in [0.4, 0.5) is 10.5 Å². The molecular weight excluding hydrogens is 402 g/mol. The molecule has 1 aliphatic heterocycles. The van der Waals surface area contributed by atoms with Crippen LogP contribution in [0.15, 0.2) is 52.6 Å². The third-order valence-electron chi connectivity index (χ3n) is 3.96. The Kier molecular flexibility index (Phi) is 4.85. The van der Waals surface area contributed by atoms with E-state index in [1.165, 1.54) is 12.1 Å². The van der Waals surface area contributed by atoms with Crippen LogP contribution in [-0.2, 0) is 11.3 Å². The van der Waals surface area contributed by atoms with Gasteiger partial charge in [-0.15, -0.1) is 0 Å². The van der Waals surface area contributed by atoms with Gasteiger partial charge < -0.3 is 5.32 Å². The predicted molar refractivity (Wildman–Crippen MR) is 99.0 cm³/mol. The number of hydrogen-bond acceptors (Lipinski definition) is 4. The Balaban J connectivity index is 1.84. The lowest BCUT2D eigenvalue weighted by Gasteiger charge is -2.11. The van der Waals surface area contributed by atoms with E-state index in [0.29, 0.717) is 11.1 Å². The molecule has 26 heavy (non-hydrogen) atoms. The number of nitrogens with zero attached hydrogens (tertiary/aromatic N) is 2. The normalized spacial score (nSPS) is 15.5. The molecule has 7 nitrogen and oxygen atoms in total. The number of nitro benzene ring substituents is 1. The topological polar surface area (TPSA) is 92.6 Å². The Morgan fingerprint density at radius 1 is 1.19 bits per heavy atom. The van der Waals surface area contributed by atoms with Crippen molar-refractivity contribution in [1.29, 1.82) is 0 Å². The van der Waals surface area contributed by atoms with E-state index in [4.69, 9.17) is 0 Å². The average Bonchev–Trinajstić information content (AvgIpc) is 2.85. The van der Waals surface area contributed by atoms with Crippen LogP contribution in [0.2, 0.25) is 0 Å². The molecule has 1 N–H and O–H groups in total. The Morgan fingerprint density at radius 3 is 2.54 bits per heavy atom. The van der Waals surface area contributed by atoms with E-state index in [1.54, 1.807) is 19.1 Å². The van der Waals surface area contributed by atoms with Crippen molar-refractivity contribution < 1.29 is 14.5 Å². The van der Waals surface area contributed by atoms with Crippen molar-refractivity contribution in [3.05, 3.63) is 79.4 Å². The maximum atomic E-state index is 12.5. The summed E-state index contributed by atoms with van der Waals surface area (Å²) in [6.45, 7) is 1.78. The van der Waals surface area contributed by atoms with E-state index in [0.717, 1.165) is 14.9 Å². The highest BCUT2D eigenvalue weighted by Crippen LogP contribution is 2.23. The third-order valence-corrected chi connectivity index (χ3v) is 4.49. The number of imide groups is 1. The van der Waals surface area contributed by atoms with Crippen LogP contribution in [0.25, 0.3) is 6.08 Å². The van der Waals surface area contributed by atoms with Gasteiger partial charge in [-0.2, -0.15) is 0 Å². The lowest BCUT2D eigenvalue weighted by molar-refractivity contribution is -0.385. The van der Waals surface area contributed by atoms with Crippen LogP contribution >= 0.6 is 15.9 Å². The average molecular weight is 416 g/mol. The zero-order valence-corrected chi connectivity index (χ0v) is 15.3. The first kappa shape index (κ1) is 17.8. The van der Waals surface area contributed by atoms with Gasteiger partial charge in [0, 0.05) is 16.1 Å². The number of benzene rings is 2. The summed E-state index contributed by atoms with van der Waals surface area (Å²) in [7, 11) is 0. The number of rotatable bonds is 4. The van der Waals surface area contributed by atoms with Crippen molar-refractivity contribution >= 4 is 39.6 Å². The minimum absolute atomic E-state index is 0.0390. The summed E-state index contributed by atoms with van der Waals surface area (Å²) in [6.07, 6.45) is 1.44. The van der Waals surface area contributed by atoms with Gasteiger partial charge in [0.25, 0.3) is 11.6 Å². The van der Waals surface area contributed by atoms with E-state index >= 15 is 0 Å². The molecule has 2 aromatic rings. The first-order valence-electron chi connectivity index (χ1n) is 7.69. The number of urea groups is 1. The van der Waals surface area contributed by atoms with Crippen molar-refractivity contribution in [2.45, 2.75) is 13.5 Å². The largest absolute Gasteiger partial charge is 0.329 e. The van der Waals surface area contributed by atoms with Crippen molar-refractivity contribution in [2.24, 2.45) is 0 Å². The smallest absolute Gasteiger partial charge is 0.303 e. The molecule has 8 heteroatoms. The molecule has 1 fully saturated rings. The first-order chi connectivity index (χ1) is 12.3. The van der Waals surface area contributed by atoms with Gasteiger partial charge in [0.15, 0.2) is 0 Å². The number of nitro groups is 1. The Morgan fingerprint density at radius 2 is 1.88 bits per heavy atom. The molecule has 3 rings (SSSR count). The molecule has 1 heterocycles. The second-order valence-electron chi connectivity index (χ2n) is 5.81. The summed E-state index contributed by atoms with van der Waals surface area (Å²) in [5, 5.41) is 13.6. The molecule has 0 saturated carbocycles. The zero-order valence-electron chi connectivity index (χ0n) is 13.7. The molecular formula is C18H14BrN3O4. The highest BCUT2D eigenvalue weighted by atomic mass is 79.9. The van der Waals surface area contributed by atoms with Gasteiger partial charge in [0.1, 0.15) is 5.70 Å². The van der Waals surface area contributed by atoms with Crippen molar-refractivity contribution in [3.8, 4) is 0 Å². The molecule has 0 unspecified atom stereocenters. The number of amides is 3. The number of carbonyl (C=O) groups is 2. The van der Waals surface area contributed by atoms with Crippen LogP contribution in [0, 0.1) is 17.0 Å². The van der Waals surface area contributed by atoms with Gasteiger partial charge in [-0.3, -0.25) is 19.8 Å². The molecule has 1 aliphatic rings. The maximum absolute atomic E-state index is 12.5. The van der Waals surface area contributed by atoms with Gasteiger partial charge in [0.2, 0.25) is 0 Å². The molecule has 0 atom stereocenters. The Bertz CT molecular complexity index is 938. The van der Waals surface area contributed by atoms with Gasteiger partial charge in [0.05, 0.1) is 11.5 Å². The fourth-order valence-corrected chi connectivity index (χ4v) is 2.83. The number of carbonyl (C=O) groups excluding carboxylic acids is 2. The fraction of sp³-hybridized carbons (Fsp3) is 0.111. The van der Waals surface area contributed by atoms with E-state index in [1.807, 2.05) is 24.3 Å². The maximum Gasteiger partial charge on any atom is 0.329 e. The number of halogens is 1. The van der Waals surface area contributed by atoms with Crippen molar-refractivity contribution in [3.63, 3.8) is 0 Å². The Hall–Kier alpha value is -3.00. The summed E-state index contributed by atoms with van der Waals surface area (Å²) in [5.41, 5.74) is 1.85. The van der Waals surface area contributed by atoms with Crippen LogP contribution in [0.1, 0.15) is 16.7 Å². The van der Waals surface area contributed by atoms with Crippen LogP contribution in [-0.4, -0.2) is 21.8 Å². The van der Waals surface area contributed by atoms with E-state index in [-0.39, 0.29) is 17.9 Å². The minimum Gasteiger partial charge on any atom is -0.303 e. The van der Waals surface area contributed by atoms with E-state index < -0.39 is 16.9 Å². The van der Waals surface area contributed by atoms with Crippen molar-refractivity contribution in [2.75, 3.05) is 0 Å². The zero-order chi connectivity index (χ0) is 18.8. The molecule has 2 aromatic carbocycles. The van der Waals surface area contributed by atoms with Crippen LogP contribution in [0.3, 0.4) is 0 Å². The van der Waals surface area contributed by atoms with Gasteiger partial charge >= 0.3 is 6.03 Å². The second kappa shape index (κ2) is 7.09. The minimum atomic E-state index is -0.522. The van der Waals surface area contributed by atoms with Crippen molar-refractivity contribution in [1.82, 2.24) is 10.2 Å². The van der Waals surface area contributed by atoms with Crippen LogP contribution < -0.4 is 5.32 Å². The number of hydrogen-bond donors (Lipinski definition) is 1. The third kappa shape index (κ3) is 3.65. The molecule has 1 saturated heterocycles. The van der Waals surface area contributed by atoms with E-state index in [9.17, 15) is 19.7 Å². The number of nitrogens with one attached hydrogen (secondary N) is 1. The molecule has 132 valence electrons. The number of aryl methyl sites for hydroxylation is 1. The highest BCUT2D eigenvalue weighted by molar-refractivity contribution is 9.10. The molecule has 0 aliphatic carbocycles. The molecule has 0 radical (unpaired) electrons. The monoisotopic (exact) mass is 415 g/mol. The molecule has 0 spiro atoms. The predicted octanol–water partition coefficient (Wildman–Crippen LogP) is 3.76. The standard InChI is InChI=1S/C18H14BrN3O4/c1-11-2-3-13(9-16(11)22(25)26)8-15-17(23)21(18(24)20-15)10-12-4-6-14(19)7-5-12/h2-9H,10H2,1H3,(H,20,24)/b15-8+. The highest BCUT2D eigenvalue weighted by Gasteiger charge is 2.33. The summed E-state index contributed by atoms with van der Waals surface area (Å²) in [5.74, 6) is -0.471. The molecule has 0 aromatic heterocycles. The van der Waals surface area contributed by atoms with Crippen LogP contribution in [0.5, 0.6) is 0 Å². The molecule has 3 amide bonds. The van der Waals surface area contributed by atoms with Gasteiger partial charge in [-0.05, 0) is 36.3 Å². The summed E-state index contributed by atoms with van der Waals surface area (Å²) < 4.78 is 0.903. The van der Waals surface area contributed by atoms with Gasteiger partial charge in [-0.25, -0.2) is 4.79 Å². The summed E-state index contributed by atoms with van der Waals surface area (Å²) in [4.78, 5) is 36.3. The van der Waals surface area contributed by atoms with E-state index in [2.05, 4.69) is 21.2 Å². The fourth-order valence-electron chi connectivity index (χ4n) is 2.57.